The van der Waals surface area contributed by atoms with Crippen molar-refractivity contribution in [1.29, 1.82) is 0 Å². The van der Waals surface area contributed by atoms with Crippen LogP contribution in [-0.4, -0.2) is 50.7 Å². The molecule has 0 saturated carbocycles. The molecule has 1 heterocycles. The van der Waals surface area contributed by atoms with Crippen molar-refractivity contribution in [2.75, 3.05) is 33.3 Å². The molecule has 1 fully saturated rings. The predicted octanol–water partition coefficient (Wildman–Crippen LogP) is 2.01. The molecule has 1 aromatic carbocycles. The highest BCUT2D eigenvalue weighted by Crippen LogP contribution is 2.24. The zero-order valence-corrected chi connectivity index (χ0v) is 11.8. The largest absolute Gasteiger partial charge is 0.573 e. The van der Waals surface area contributed by atoms with Crippen LogP contribution in [-0.2, 0) is 11.3 Å². The molecule has 118 valence electrons. The van der Waals surface area contributed by atoms with Crippen LogP contribution >= 0.6 is 0 Å². The van der Waals surface area contributed by atoms with Gasteiger partial charge in [0.15, 0.2) is 0 Å². The third kappa shape index (κ3) is 5.53. The van der Waals surface area contributed by atoms with Crippen LogP contribution in [0.2, 0.25) is 0 Å². The van der Waals surface area contributed by atoms with E-state index < -0.39 is 6.36 Å². The Morgan fingerprint density at radius 3 is 2.95 bits per heavy atom. The van der Waals surface area contributed by atoms with Crippen LogP contribution in [0.3, 0.4) is 0 Å². The molecule has 1 N–H and O–H groups in total. The van der Waals surface area contributed by atoms with Crippen molar-refractivity contribution in [3.05, 3.63) is 29.8 Å². The molecule has 1 aliphatic rings. The standard InChI is InChI=1S/C14H19F3N2O2/c1-18-8-13-10-19(5-6-20-13)9-11-3-2-4-12(7-11)21-14(15,16)17/h2-4,7,13,18H,5-6,8-10H2,1H3. The third-order valence-electron chi connectivity index (χ3n) is 3.19. The summed E-state index contributed by atoms with van der Waals surface area (Å²) >= 11 is 0. The van der Waals surface area contributed by atoms with Gasteiger partial charge < -0.3 is 14.8 Å². The van der Waals surface area contributed by atoms with Gasteiger partial charge in [-0.3, -0.25) is 4.90 Å². The molecule has 1 atom stereocenters. The Bertz CT molecular complexity index is 452. The van der Waals surface area contributed by atoms with Gasteiger partial charge in [0.1, 0.15) is 5.75 Å². The molecule has 1 aromatic rings. The van der Waals surface area contributed by atoms with Crippen molar-refractivity contribution in [3.63, 3.8) is 0 Å². The van der Waals surface area contributed by atoms with E-state index in [2.05, 4.69) is 15.0 Å². The number of halogens is 3. The monoisotopic (exact) mass is 304 g/mol. The zero-order chi connectivity index (χ0) is 15.3. The summed E-state index contributed by atoms with van der Waals surface area (Å²) in [6, 6.07) is 6.10. The van der Waals surface area contributed by atoms with Gasteiger partial charge in [-0.2, -0.15) is 0 Å². The normalized spacial score (nSPS) is 20.5. The molecule has 1 aliphatic heterocycles. The number of nitrogens with one attached hydrogen (secondary N) is 1. The van der Waals surface area contributed by atoms with Crippen LogP contribution < -0.4 is 10.1 Å². The maximum atomic E-state index is 12.2. The van der Waals surface area contributed by atoms with Crippen LogP contribution in [0.4, 0.5) is 13.2 Å². The van der Waals surface area contributed by atoms with Crippen molar-refractivity contribution < 1.29 is 22.6 Å². The molecule has 0 radical (unpaired) electrons. The molecule has 21 heavy (non-hydrogen) atoms. The summed E-state index contributed by atoms with van der Waals surface area (Å²) in [4.78, 5) is 2.16. The third-order valence-corrected chi connectivity index (χ3v) is 3.19. The molecule has 0 aromatic heterocycles. The first-order valence-corrected chi connectivity index (χ1v) is 6.79. The van der Waals surface area contributed by atoms with Gasteiger partial charge in [0.05, 0.1) is 12.7 Å². The van der Waals surface area contributed by atoms with Crippen LogP contribution in [0, 0.1) is 0 Å². The number of ether oxygens (including phenoxy) is 2. The van der Waals surface area contributed by atoms with Gasteiger partial charge >= 0.3 is 6.36 Å². The van der Waals surface area contributed by atoms with E-state index in [-0.39, 0.29) is 11.9 Å². The number of rotatable bonds is 5. The Hall–Kier alpha value is -1.31. The quantitative estimate of drug-likeness (QED) is 0.902. The van der Waals surface area contributed by atoms with Gasteiger partial charge in [0, 0.05) is 26.2 Å². The van der Waals surface area contributed by atoms with Crippen molar-refractivity contribution in [3.8, 4) is 5.75 Å². The van der Waals surface area contributed by atoms with Crippen LogP contribution in [0.15, 0.2) is 24.3 Å². The van der Waals surface area contributed by atoms with E-state index in [4.69, 9.17) is 4.74 Å². The minimum Gasteiger partial charge on any atom is -0.406 e. The average Bonchev–Trinajstić information content (AvgIpc) is 2.38. The first-order valence-electron chi connectivity index (χ1n) is 6.79. The Morgan fingerprint density at radius 1 is 1.43 bits per heavy atom. The van der Waals surface area contributed by atoms with Gasteiger partial charge in [-0.15, -0.1) is 13.2 Å². The molecule has 4 nitrogen and oxygen atoms in total. The van der Waals surface area contributed by atoms with Crippen molar-refractivity contribution in [2.24, 2.45) is 0 Å². The molecule has 0 amide bonds. The van der Waals surface area contributed by atoms with Gasteiger partial charge in [-0.25, -0.2) is 0 Å². The van der Waals surface area contributed by atoms with E-state index in [1.165, 1.54) is 12.1 Å². The topological polar surface area (TPSA) is 33.7 Å². The first-order chi connectivity index (χ1) is 9.96. The lowest BCUT2D eigenvalue weighted by Gasteiger charge is -2.32. The lowest BCUT2D eigenvalue weighted by molar-refractivity contribution is -0.274. The van der Waals surface area contributed by atoms with E-state index in [0.717, 1.165) is 25.2 Å². The fourth-order valence-electron chi connectivity index (χ4n) is 2.37. The zero-order valence-electron chi connectivity index (χ0n) is 11.8. The Labute approximate surface area is 121 Å². The fourth-order valence-corrected chi connectivity index (χ4v) is 2.37. The van der Waals surface area contributed by atoms with Crippen molar-refractivity contribution >= 4 is 0 Å². The summed E-state index contributed by atoms with van der Waals surface area (Å²) in [5.41, 5.74) is 0.793. The minimum atomic E-state index is -4.66. The predicted molar refractivity (Wildman–Crippen MR) is 72.1 cm³/mol. The van der Waals surface area contributed by atoms with Gasteiger partial charge in [-0.05, 0) is 24.7 Å². The summed E-state index contributed by atoms with van der Waals surface area (Å²) in [7, 11) is 1.86. The molecular weight excluding hydrogens is 285 g/mol. The first kappa shape index (κ1) is 16.1. The number of hydrogen-bond acceptors (Lipinski definition) is 4. The highest BCUT2D eigenvalue weighted by molar-refractivity contribution is 5.28. The van der Waals surface area contributed by atoms with Gasteiger partial charge in [-0.1, -0.05) is 12.1 Å². The fraction of sp³-hybridized carbons (Fsp3) is 0.571. The van der Waals surface area contributed by atoms with Crippen molar-refractivity contribution in [1.82, 2.24) is 10.2 Å². The van der Waals surface area contributed by atoms with E-state index in [0.29, 0.717) is 13.2 Å². The van der Waals surface area contributed by atoms with Crippen LogP contribution in [0.1, 0.15) is 5.56 Å². The number of hydrogen-bond donors (Lipinski definition) is 1. The Kier molecular flexibility index (Phi) is 5.44. The van der Waals surface area contributed by atoms with Gasteiger partial charge in [0.25, 0.3) is 0 Å². The molecule has 7 heteroatoms. The summed E-state index contributed by atoms with van der Waals surface area (Å²) < 4.78 is 46.2. The highest BCUT2D eigenvalue weighted by atomic mass is 19.4. The number of nitrogens with zero attached hydrogens (tertiary/aromatic N) is 1. The Balaban J connectivity index is 1.94. The Morgan fingerprint density at radius 2 is 2.24 bits per heavy atom. The van der Waals surface area contributed by atoms with Crippen LogP contribution in [0.25, 0.3) is 0 Å². The molecule has 1 saturated heterocycles. The van der Waals surface area contributed by atoms with E-state index >= 15 is 0 Å². The number of alkyl halides is 3. The van der Waals surface area contributed by atoms with E-state index in [9.17, 15) is 13.2 Å². The molecule has 0 aliphatic carbocycles. The maximum absolute atomic E-state index is 12.2. The molecule has 2 rings (SSSR count). The molecule has 0 spiro atoms. The minimum absolute atomic E-state index is 0.110. The second-order valence-corrected chi connectivity index (χ2v) is 4.98. The summed E-state index contributed by atoms with van der Waals surface area (Å²) in [6.45, 7) is 3.49. The summed E-state index contributed by atoms with van der Waals surface area (Å²) in [5, 5.41) is 3.06. The summed E-state index contributed by atoms with van der Waals surface area (Å²) in [5.74, 6) is -0.181. The average molecular weight is 304 g/mol. The van der Waals surface area contributed by atoms with E-state index in [1.54, 1.807) is 12.1 Å². The SMILES string of the molecule is CNCC1CN(Cc2cccc(OC(F)(F)F)c2)CCO1. The smallest absolute Gasteiger partial charge is 0.406 e. The van der Waals surface area contributed by atoms with Crippen LogP contribution in [0.5, 0.6) is 5.75 Å². The maximum Gasteiger partial charge on any atom is 0.573 e. The van der Waals surface area contributed by atoms with Crippen molar-refractivity contribution in [2.45, 2.75) is 19.0 Å². The lowest BCUT2D eigenvalue weighted by Crippen LogP contribution is -2.45. The van der Waals surface area contributed by atoms with Gasteiger partial charge in [0.2, 0.25) is 0 Å². The number of morpholine rings is 1. The molecule has 0 bridgehead atoms. The molecular formula is C14H19F3N2O2. The second-order valence-electron chi connectivity index (χ2n) is 4.98. The summed E-state index contributed by atoms with van der Waals surface area (Å²) in [6.07, 6.45) is -4.55. The highest BCUT2D eigenvalue weighted by Gasteiger charge is 2.31. The second kappa shape index (κ2) is 7.11. The van der Waals surface area contributed by atoms with E-state index in [1.807, 2.05) is 7.05 Å². The molecule has 1 unspecified atom stereocenters. The number of benzene rings is 1. The lowest BCUT2D eigenvalue weighted by atomic mass is 10.1. The number of likely N-dealkylation sites (N-methyl/N-ethyl adjacent to an activating group) is 1.